The highest BCUT2D eigenvalue weighted by atomic mass is 19.2. The fourth-order valence-electron chi connectivity index (χ4n) is 1.83. The van der Waals surface area contributed by atoms with E-state index in [1.165, 1.54) is 0 Å². The van der Waals surface area contributed by atoms with E-state index < -0.39 is 11.6 Å². The molecule has 0 aliphatic rings. The van der Waals surface area contributed by atoms with Crippen molar-refractivity contribution in [2.75, 3.05) is 7.05 Å². The van der Waals surface area contributed by atoms with Crippen molar-refractivity contribution in [3.05, 3.63) is 48.1 Å². The van der Waals surface area contributed by atoms with Gasteiger partial charge < -0.3 is 5.32 Å². The zero-order valence-corrected chi connectivity index (χ0v) is 10.2. The van der Waals surface area contributed by atoms with Crippen LogP contribution in [0.25, 0.3) is 0 Å². The van der Waals surface area contributed by atoms with Gasteiger partial charge in [0.15, 0.2) is 11.6 Å². The molecule has 0 bridgehead atoms. The molecule has 3 heteroatoms. The molecule has 0 heterocycles. The van der Waals surface area contributed by atoms with Gasteiger partial charge in [0.2, 0.25) is 0 Å². The molecule has 1 N–H and O–H groups in total. The minimum Gasteiger partial charge on any atom is -0.317 e. The Bertz CT molecular complexity index is 363. The number of hydrogen-bond donors (Lipinski definition) is 1. The zero-order valence-electron chi connectivity index (χ0n) is 10.2. The van der Waals surface area contributed by atoms with E-state index in [1.54, 1.807) is 12.1 Å². The highest BCUT2D eigenvalue weighted by molar-refractivity contribution is 5.20. The van der Waals surface area contributed by atoms with E-state index in [0.717, 1.165) is 25.3 Å². The van der Waals surface area contributed by atoms with Gasteiger partial charge in [-0.25, -0.2) is 8.78 Å². The van der Waals surface area contributed by atoms with Gasteiger partial charge in [0.25, 0.3) is 0 Å². The van der Waals surface area contributed by atoms with Crippen LogP contribution in [0.4, 0.5) is 8.78 Å². The summed E-state index contributed by atoms with van der Waals surface area (Å²) in [6, 6.07) is 4.50. The zero-order chi connectivity index (χ0) is 12.7. The highest BCUT2D eigenvalue weighted by Gasteiger charge is 2.12. The van der Waals surface area contributed by atoms with E-state index in [0.29, 0.717) is 12.0 Å². The molecule has 1 aromatic carbocycles. The molecule has 1 unspecified atom stereocenters. The summed E-state index contributed by atoms with van der Waals surface area (Å²) in [4.78, 5) is 0. The van der Waals surface area contributed by atoms with Crippen molar-refractivity contribution in [1.82, 2.24) is 5.32 Å². The smallest absolute Gasteiger partial charge is 0.162 e. The number of rotatable bonds is 7. The monoisotopic (exact) mass is 239 g/mol. The average molecular weight is 239 g/mol. The minimum atomic E-state index is -0.775. The van der Waals surface area contributed by atoms with Crippen molar-refractivity contribution >= 4 is 0 Å². The van der Waals surface area contributed by atoms with E-state index >= 15 is 0 Å². The second-order valence-electron chi connectivity index (χ2n) is 4.12. The van der Waals surface area contributed by atoms with Crippen molar-refractivity contribution in [1.29, 1.82) is 0 Å². The summed E-state index contributed by atoms with van der Waals surface area (Å²) in [5.41, 5.74) is 0.433. The normalized spacial score (nSPS) is 12.4. The topological polar surface area (TPSA) is 12.0 Å². The van der Waals surface area contributed by atoms with Gasteiger partial charge in [-0.15, -0.1) is 6.58 Å². The molecule has 1 rings (SSSR count). The highest BCUT2D eigenvalue weighted by Crippen LogP contribution is 2.15. The minimum absolute atomic E-state index is 0.172. The summed E-state index contributed by atoms with van der Waals surface area (Å²) in [5, 5.41) is 3.13. The van der Waals surface area contributed by atoms with Gasteiger partial charge in [0.1, 0.15) is 0 Å². The lowest BCUT2D eigenvalue weighted by atomic mass is 10.0. The molecule has 94 valence electrons. The third-order valence-electron chi connectivity index (χ3n) is 2.87. The first-order valence-corrected chi connectivity index (χ1v) is 5.90. The fourth-order valence-corrected chi connectivity index (χ4v) is 1.83. The van der Waals surface area contributed by atoms with Gasteiger partial charge in [-0.2, -0.15) is 0 Å². The molecule has 0 spiro atoms. The molecular formula is C14H19F2N. The summed E-state index contributed by atoms with van der Waals surface area (Å²) in [6.45, 7) is 3.66. The van der Waals surface area contributed by atoms with E-state index in [-0.39, 0.29) is 6.04 Å². The van der Waals surface area contributed by atoms with Crippen LogP contribution in [0.15, 0.2) is 30.9 Å². The third kappa shape index (κ3) is 4.27. The number of halogens is 2. The Morgan fingerprint density at radius 2 is 2.18 bits per heavy atom. The second kappa shape index (κ2) is 7.17. The van der Waals surface area contributed by atoms with Crippen LogP contribution in [0, 0.1) is 11.6 Å². The molecule has 0 fully saturated rings. The summed E-state index contributed by atoms with van der Waals surface area (Å²) in [7, 11) is 1.84. The number of hydrogen-bond acceptors (Lipinski definition) is 1. The Labute approximate surface area is 102 Å². The number of nitrogens with one attached hydrogen (secondary N) is 1. The number of unbranched alkanes of at least 4 members (excludes halogenated alkanes) is 1. The Hall–Kier alpha value is -1.22. The van der Waals surface area contributed by atoms with E-state index in [2.05, 4.69) is 11.9 Å². The van der Waals surface area contributed by atoms with Crippen LogP contribution in [0.5, 0.6) is 0 Å². The first kappa shape index (κ1) is 13.8. The van der Waals surface area contributed by atoms with Crippen molar-refractivity contribution in [2.24, 2.45) is 0 Å². The molecule has 0 saturated carbocycles. The van der Waals surface area contributed by atoms with Crippen LogP contribution in [0.3, 0.4) is 0 Å². The number of allylic oxidation sites excluding steroid dienone is 1. The van der Waals surface area contributed by atoms with Crippen LogP contribution in [-0.2, 0) is 6.42 Å². The molecule has 1 atom stereocenters. The quantitative estimate of drug-likeness (QED) is 0.567. The number of likely N-dealkylation sites (N-methyl/N-ethyl adjacent to an activating group) is 1. The molecule has 1 aromatic rings. The van der Waals surface area contributed by atoms with Crippen molar-refractivity contribution in [3.8, 4) is 0 Å². The predicted octanol–water partition coefficient (Wildman–Crippen LogP) is 3.45. The van der Waals surface area contributed by atoms with Gasteiger partial charge in [0, 0.05) is 6.04 Å². The Kier molecular flexibility index (Phi) is 5.84. The maximum atomic E-state index is 13.5. The fraction of sp³-hybridized carbons (Fsp3) is 0.429. The Morgan fingerprint density at radius 3 is 2.82 bits per heavy atom. The lowest BCUT2D eigenvalue weighted by Gasteiger charge is -2.16. The van der Waals surface area contributed by atoms with E-state index in [1.807, 2.05) is 13.1 Å². The van der Waals surface area contributed by atoms with Gasteiger partial charge >= 0.3 is 0 Å². The van der Waals surface area contributed by atoms with Crippen LogP contribution in [-0.4, -0.2) is 13.1 Å². The van der Waals surface area contributed by atoms with E-state index in [9.17, 15) is 8.78 Å². The van der Waals surface area contributed by atoms with Gasteiger partial charge in [-0.05, 0) is 44.4 Å². The van der Waals surface area contributed by atoms with Crippen LogP contribution < -0.4 is 5.32 Å². The first-order chi connectivity index (χ1) is 8.19. The summed E-state index contributed by atoms with van der Waals surface area (Å²) in [5.74, 6) is -1.50. The molecule has 0 saturated heterocycles. The Balaban J connectivity index is 2.60. The molecule has 0 aliphatic heterocycles. The van der Waals surface area contributed by atoms with Crippen LogP contribution >= 0.6 is 0 Å². The molecule has 0 radical (unpaired) electrons. The maximum absolute atomic E-state index is 13.5. The Morgan fingerprint density at radius 1 is 1.41 bits per heavy atom. The van der Waals surface area contributed by atoms with E-state index in [4.69, 9.17) is 0 Å². The largest absolute Gasteiger partial charge is 0.317 e. The molecule has 0 aromatic heterocycles. The third-order valence-corrected chi connectivity index (χ3v) is 2.87. The SMILES string of the molecule is C=CCCCC(Cc1cccc(F)c1F)NC. The van der Waals surface area contributed by atoms with Crippen LogP contribution in [0.2, 0.25) is 0 Å². The molecule has 17 heavy (non-hydrogen) atoms. The number of benzene rings is 1. The molecule has 1 nitrogen and oxygen atoms in total. The molecular weight excluding hydrogens is 220 g/mol. The lowest BCUT2D eigenvalue weighted by Crippen LogP contribution is -2.27. The van der Waals surface area contributed by atoms with Crippen molar-refractivity contribution in [2.45, 2.75) is 31.7 Å². The van der Waals surface area contributed by atoms with Gasteiger partial charge in [0.05, 0.1) is 0 Å². The standard InChI is InChI=1S/C14H19F2N/c1-3-4-5-8-12(17-2)10-11-7-6-9-13(15)14(11)16/h3,6-7,9,12,17H,1,4-5,8,10H2,2H3. The second-order valence-corrected chi connectivity index (χ2v) is 4.12. The predicted molar refractivity (Wildman–Crippen MR) is 67.0 cm³/mol. The van der Waals surface area contributed by atoms with Gasteiger partial charge in [-0.3, -0.25) is 0 Å². The molecule has 0 amide bonds. The summed E-state index contributed by atoms with van der Waals surface area (Å²) < 4.78 is 26.5. The van der Waals surface area contributed by atoms with Crippen molar-refractivity contribution < 1.29 is 8.78 Å². The van der Waals surface area contributed by atoms with Crippen molar-refractivity contribution in [3.63, 3.8) is 0 Å². The maximum Gasteiger partial charge on any atom is 0.162 e. The first-order valence-electron chi connectivity index (χ1n) is 5.90. The van der Waals surface area contributed by atoms with Gasteiger partial charge in [-0.1, -0.05) is 18.2 Å². The lowest BCUT2D eigenvalue weighted by molar-refractivity contribution is 0.467. The average Bonchev–Trinajstić information content (AvgIpc) is 2.33. The van der Waals surface area contributed by atoms with Crippen LogP contribution in [0.1, 0.15) is 24.8 Å². The molecule has 0 aliphatic carbocycles. The summed E-state index contributed by atoms with van der Waals surface area (Å²) in [6.07, 6.45) is 5.26. The summed E-state index contributed by atoms with van der Waals surface area (Å²) >= 11 is 0.